The van der Waals surface area contributed by atoms with Gasteiger partial charge in [-0.1, -0.05) is 18.2 Å². The summed E-state index contributed by atoms with van der Waals surface area (Å²) in [6.07, 6.45) is 4.34. The summed E-state index contributed by atoms with van der Waals surface area (Å²) in [6, 6.07) is 12.7. The fourth-order valence-electron chi connectivity index (χ4n) is 2.66. The molecule has 1 amide bonds. The van der Waals surface area contributed by atoms with Gasteiger partial charge in [-0.2, -0.15) is 4.98 Å². The van der Waals surface area contributed by atoms with Crippen molar-refractivity contribution in [3.05, 3.63) is 72.4 Å². The van der Waals surface area contributed by atoms with Gasteiger partial charge in [0.05, 0.1) is 0 Å². The first kappa shape index (κ1) is 18.1. The molecule has 9 nitrogen and oxygen atoms in total. The zero-order valence-electron chi connectivity index (χ0n) is 15.5. The molecule has 1 aromatic carbocycles. The second kappa shape index (κ2) is 7.77. The van der Waals surface area contributed by atoms with Crippen LogP contribution >= 0.6 is 0 Å². The minimum absolute atomic E-state index is 0.146. The first-order valence-corrected chi connectivity index (χ1v) is 8.73. The average molecular weight is 387 g/mol. The van der Waals surface area contributed by atoms with E-state index in [1.807, 2.05) is 31.2 Å². The van der Waals surface area contributed by atoms with Gasteiger partial charge in [-0.15, -0.1) is 0 Å². The van der Waals surface area contributed by atoms with E-state index in [0.29, 0.717) is 16.8 Å². The number of benzene rings is 1. The average Bonchev–Trinajstić information content (AvgIpc) is 2.75. The molecule has 4 N–H and O–H groups in total. The number of ether oxygens (including phenoxy) is 1. The monoisotopic (exact) mass is 387 g/mol. The van der Waals surface area contributed by atoms with Crippen molar-refractivity contribution in [1.29, 1.82) is 0 Å². The van der Waals surface area contributed by atoms with Gasteiger partial charge in [-0.3, -0.25) is 20.6 Å². The molecule has 0 aliphatic rings. The molecule has 0 fully saturated rings. The lowest BCUT2D eigenvalue weighted by atomic mass is 10.2. The lowest BCUT2D eigenvalue weighted by Gasteiger charge is -2.13. The summed E-state index contributed by atoms with van der Waals surface area (Å²) in [5, 5.41) is 0.934. The van der Waals surface area contributed by atoms with E-state index in [1.54, 1.807) is 18.2 Å². The summed E-state index contributed by atoms with van der Waals surface area (Å²) in [4.78, 5) is 28.7. The lowest BCUT2D eigenvalue weighted by molar-refractivity contribution is 0.0962. The van der Waals surface area contributed by atoms with E-state index < -0.39 is 0 Å². The number of hydrogen-bond acceptors (Lipinski definition) is 8. The molecule has 0 spiro atoms. The number of carbonyl (C=O) groups excluding carboxylic acids is 1. The number of nitrogens with zero attached hydrogens (tertiary/aromatic N) is 4. The zero-order valence-corrected chi connectivity index (χ0v) is 15.5. The van der Waals surface area contributed by atoms with Gasteiger partial charge in [-0.05, 0) is 31.2 Å². The van der Waals surface area contributed by atoms with E-state index in [4.69, 9.17) is 10.5 Å². The van der Waals surface area contributed by atoms with Crippen molar-refractivity contribution >= 4 is 28.3 Å². The SMILES string of the molecule is Cc1ccc2cccc(Oc3ncnc(NNC(=O)c4ccncc4)c3N)c2n1. The Labute approximate surface area is 166 Å². The molecule has 0 saturated heterocycles. The van der Waals surface area contributed by atoms with Gasteiger partial charge in [0.25, 0.3) is 5.91 Å². The fraction of sp³-hybridized carbons (Fsp3) is 0.0500. The number of hydrazine groups is 1. The Hall–Kier alpha value is -4.27. The molecule has 29 heavy (non-hydrogen) atoms. The number of nitrogens with one attached hydrogen (secondary N) is 2. The lowest BCUT2D eigenvalue weighted by Crippen LogP contribution is -2.30. The number of carbonyl (C=O) groups is 1. The van der Waals surface area contributed by atoms with E-state index in [2.05, 4.69) is 30.8 Å². The van der Waals surface area contributed by atoms with Crippen molar-refractivity contribution in [2.45, 2.75) is 6.92 Å². The minimum Gasteiger partial charge on any atom is -0.435 e. The van der Waals surface area contributed by atoms with Crippen LogP contribution in [0.4, 0.5) is 11.5 Å². The molecule has 0 radical (unpaired) electrons. The molecule has 0 aliphatic heterocycles. The van der Waals surface area contributed by atoms with Gasteiger partial charge in [0.15, 0.2) is 11.6 Å². The van der Waals surface area contributed by atoms with Crippen LogP contribution in [0.3, 0.4) is 0 Å². The number of nitrogen functional groups attached to an aromatic ring is 1. The van der Waals surface area contributed by atoms with Crippen LogP contribution < -0.4 is 21.3 Å². The number of fused-ring (bicyclic) bond motifs is 1. The predicted octanol–water partition coefficient (Wildman–Crippen LogP) is 2.86. The number of amides is 1. The summed E-state index contributed by atoms with van der Waals surface area (Å²) >= 11 is 0. The van der Waals surface area contributed by atoms with E-state index in [0.717, 1.165) is 11.1 Å². The number of rotatable bonds is 5. The largest absolute Gasteiger partial charge is 0.435 e. The molecule has 0 aliphatic carbocycles. The molecule has 0 bridgehead atoms. The van der Waals surface area contributed by atoms with Crippen LogP contribution in [0.15, 0.2) is 61.2 Å². The molecule has 0 saturated carbocycles. The van der Waals surface area contributed by atoms with Gasteiger partial charge in [0.1, 0.15) is 17.5 Å². The summed E-state index contributed by atoms with van der Waals surface area (Å²) in [5.74, 6) is 0.517. The summed E-state index contributed by atoms with van der Waals surface area (Å²) in [6.45, 7) is 1.91. The number of pyridine rings is 2. The zero-order chi connectivity index (χ0) is 20.2. The Morgan fingerprint density at radius 2 is 1.90 bits per heavy atom. The van der Waals surface area contributed by atoms with E-state index in [9.17, 15) is 4.79 Å². The Morgan fingerprint density at radius 3 is 2.72 bits per heavy atom. The van der Waals surface area contributed by atoms with Crippen LogP contribution in [0.2, 0.25) is 0 Å². The Morgan fingerprint density at radius 1 is 1.07 bits per heavy atom. The third kappa shape index (κ3) is 3.88. The molecule has 4 aromatic rings. The van der Waals surface area contributed by atoms with Crippen LogP contribution in [0, 0.1) is 6.92 Å². The maximum Gasteiger partial charge on any atom is 0.269 e. The highest BCUT2D eigenvalue weighted by molar-refractivity contribution is 5.95. The molecule has 4 rings (SSSR count). The van der Waals surface area contributed by atoms with Gasteiger partial charge in [-0.25, -0.2) is 9.97 Å². The first-order valence-electron chi connectivity index (χ1n) is 8.73. The maximum absolute atomic E-state index is 12.2. The first-order chi connectivity index (χ1) is 14.1. The normalized spacial score (nSPS) is 10.5. The highest BCUT2D eigenvalue weighted by atomic mass is 16.5. The molecule has 0 atom stereocenters. The quantitative estimate of drug-likeness (QED) is 0.446. The van der Waals surface area contributed by atoms with Crippen LogP contribution in [0.1, 0.15) is 16.1 Å². The van der Waals surface area contributed by atoms with Crippen molar-refractivity contribution in [3.8, 4) is 11.6 Å². The van der Waals surface area contributed by atoms with Gasteiger partial charge in [0, 0.05) is 29.0 Å². The number of anilines is 2. The Balaban J connectivity index is 1.56. The van der Waals surface area contributed by atoms with Crippen LogP contribution in [-0.4, -0.2) is 25.8 Å². The van der Waals surface area contributed by atoms with E-state index in [1.165, 1.54) is 18.7 Å². The van der Waals surface area contributed by atoms with Crippen molar-refractivity contribution in [2.75, 3.05) is 11.2 Å². The minimum atomic E-state index is -0.360. The molecular weight excluding hydrogens is 370 g/mol. The Kier molecular flexibility index (Phi) is 4.85. The molecular formula is C20H17N7O2. The number of nitrogens with two attached hydrogens (primary N) is 1. The third-order valence-corrected chi connectivity index (χ3v) is 4.11. The Bertz CT molecular complexity index is 1180. The van der Waals surface area contributed by atoms with Crippen LogP contribution in [-0.2, 0) is 0 Å². The smallest absolute Gasteiger partial charge is 0.269 e. The second-order valence-electron chi connectivity index (χ2n) is 6.14. The molecule has 9 heteroatoms. The summed E-state index contributed by atoms with van der Waals surface area (Å²) < 4.78 is 5.91. The van der Waals surface area contributed by atoms with Crippen LogP contribution in [0.25, 0.3) is 10.9 Å². The fourth-order valence-corrected chi connectivity index (χ4v) is 2.66. The van der Waals surface area contributed by atoms with E-state index in [-0.39, 0.29) is 23.3 Å². The van der Waals surface area contributed by atoms with Crippen molar-refractivity contribution in [2.24, 2.45) is 0 Å². The van der Waals surface area contributed by atoms with Crippen molar-refractivity contribution < 1.29 is 9.53 Å². The van der Waals surface area contributed by atoms with E-state index >= 15 is 0 Å². The molecule has 3 aromatic heterocycles. The molecule has 144 valence electrons. The van der Waals surface area contributed by atoms with Gasteiger partial charge >= 0.3 is 0 Å². The van der Waals surface area contributed by atoms with Crippen molar-refractivity contribution in [1.82, 2.24) is 25.4 Å². The summed E-state index contributed by atoms with van der Waals surface area (Å²) in [7, 11) is 0. The van der Waals surface area contributed by atoms with Crippen molar-refractivity contribution in [3.63, 3.8) is 0 Å². The highest BCUT2D eigenvalue weighted by Crippen LogP contribution is 2.32. The number of hydrogen-bond donors (Lipinski definition) is 3. The predicted molar refractivity (Wildman–Crippen MR) is 108 cm³/mol. The number of para-hydroxylation sites is 1. The maximum atomic E-state index is 12.2. The van der Waals surface area contributed by atoms with Gasteiger partial charge < -0.3 is 10.5 Å². The number of aryl methyl sites for hydroxylation is 1. The molecule has 3 heterocycles. The van der Waals surface area contributed by atoms with Crippen LogP contribution in [0.5, 0.6) is 11.6 Å². The highest BCUT2D eigenvalue weighted by Gasteiger charge is 2.14. The summed E-state index contributed by atoms with van der Waals surface area (Å²) in [5.41, 5.74) is 13.5. The standard InChI is InChI=1S/C20H17N7O2/c1-12-5-6-13-3-2-4-15(17(13)25-12)29-20-16(21)18(23-11-24-20)26-27-19(28)14-7-9-22-10-8-14/h2-11H,21H2,1H3,(H,27,28)(H,23,24,26). The van der Waals surface area contributed by atoms with Gasteiger partial charge in [0.2, 0.25) is 5.88 Å². The second-order valence-corrected chi connectivity index (χ2v) is 6.14. The molecule has 0 unspecified atom stereocenters. The number of aromatic nitrogens is 4. The topological polar surface area (TPSA) is 128 Å². The third-order valence-electron chi connectivity index (χ3n) is 4.11.